The summed E-state index contributed by atoms with van der Waals surface area (Å²) in [6.45, 7) is 6.64. The topological polar surface area (TPSA) is 76.7 Å². The van der Waals surface area contributed by atoms with Gasteiger partial charge in [0.25, 0.3) is 0 Å². The smallest absolute Gasteiger partial charge is 0.338 e. The average molecular weight is 394 g/mol. The van der Waals surface area contributed by atoms with Crippen molar-refractivity contribution in [3.05, 3.63) is 71.3 Å². The first-order chi connectivity index (χ1) is 14.0. The van der Waals surface area contributed by atoms with E-state index in [0.29, 0.717) is 35.1 Å². The molecule has 0 unspecified atom stereocenters. The van der Waals surface area contributed by atoms with Crippen LogP contribution in [-0.2, 0) is 9.53 Å². The lowest BCUT2D eigenvalue weighted by Gasteiger charge is -2.30. The van der Waals surface area contributed by atoms with Gasteiger partial charge in [-0.1, -0.05) is 62.4 Å². The molecule has 6 nitrogen and oxygen atoms in total. The van der Waals surface area contributed by atoms with Gasteiger partial charge in [0.2, 0.25) is 0 Å². The molecule has 1 heterocycles. The van der Waals surface area contributed by atoms with Crippen molar-refractivity contribution in [2.24, 2.45) is 5.92 Å². The molecule has 152 valence electrons. The van der Waals surface area contributed by atoms with Gasteiger partial charge in [-0.25, -0.2) is 9.59 Å². The molecule has 0 spiro atoms. The van der Waals surface area contributed by atoms with Crippen LogP contribution < -0.4 is 15.4 Å². The highest BCUT2D eigenvalue weighted by Gasteiger charge is 2.35. The zero-order valence-corrected chi connectivity index (χ0v) is 16.9. The molecule has 2 N–H and O–H groups in total. The predicted octanol–water partition coefficient (Wildman–Crippen LogP) is 4.05. The zero-order valence-electron chi connectivity index (χ0n) is 16.9. The fraction of sp³-hybridized carbons (Fsp3) is 0.304. The van der Waals surface area contributed by atoms with Crippen LogP contribution in [0.3, 0.4) is 0 Å². The highest BCUT2D eigenvalue weighted by Crippen LogP contribution is 2.36. The maximum Gasteiger partial charge on any atom is 0.338 e. The molecule has 6 heteroatoms. The van der Waals surface area contributed by atoms with Crippen LogP contribution in [0.15, 0.2) is 60.2 Å². The standard InChI is InChI=1S/C23H26N2O4/c1-4-28-22(26)19-20(16-10-6-5-7-11-16)24-23(27)25-21(19)17-12-8-9-13-18(17)29-14-15(2)3/h5-13,15,21H,4,14H2,1-3H3,(H2,24,25,27)/t21-/m1/s1. The molecule has 0 saturated heterocycles. The van der Waals surface area contributed by atoms with Crippen LogP contribution in [0.1, 0.15) is 37.9 Å². The molecule has 2 aromatic rings. The van der Waals surface area contributed by atoms with E-state index >= 15 is 0 Å². The van der Waals surface area contributed by atoms with E-state index in [1.807, 2.05) is 54.6 Å². The first kappa shape index (κ1) is 20.5. The molecule has 1 aliphatic heterocycles. The Bertz CT molecular complexity index is 906. The number of rotatable bonds is 7. The van der Waals surface area contributed by atoms with Gasteiger partial charge in [-0.05, 0) is 24.5 Å². The number of carbonyl (C=O) groups excluding carboxylic acids is 2. The third-order valence-electron chi connectivity index (χ3n) is 4.43. The number of para-hydroxylation sites is 1. The molecule has 0 fully saturated rings. The van der Waals surface area contributed by atoms with Crippen molar-refractivity contribution in [1.29, 1.82) is 0 Å². The van der Waals surface area contributed by atoms with Crippen molar-refractivity contribution >= 4 is 17.7 Å². The minimum absolute atomic E-state index is 0.233. The Balaban J connectivity index is 2.14. The number of carbonyl (C=O) groups is 2. The lowest BCUT2D eigenvalue weighted by Crippen LogP contribution is -2.45. The summed E-state index contributed by atoms with van der Waals surface area (Å²) in [4.78, 5) is 25.4. The second-order valence-electron chi connectivity index (χ2n) is 7.15. The summed E-state index contributed by atoms with van der Waals surface area (Å²) in [5.41, 5.74) is 2.23. The van der Waals surface area contributed by atoms with Gasteiger partial charge in [0.05, 0.1) is 30.5 Å². The van der Waals surface area contributed by atoms with E-state index in [1.54, 1.807) is 6.92 Å². The third-order valence-corrected chi connectivity index (χ3v) is 4.43. The highest BCUT2D eigenvalue weighted by molar-refractivity contribution is 6.04. The first-order valence-corrected chi connectivity index (χ1v) is 9.77. The monoisotopic (exact) mass is 394 g/mol. The van der Waals surface area contributed by atoms with E-state index in [1.165, 1.54) is 0 Å². The molecule has 2 amide bonds. The van der Waals surface area contributed by atoms with Crippen molar-refractivity contribution in [2.45, 2.75) is 26.8 Å². The van der Waals surface area contributed by atoms with Crippen LogP contribution in [0.4, 0.5) is 4.79 Å². The van der Waals surface area contributed by atoms with Crippen LogP contribution >= 0.6 is 0 Å². The van der Waals surface area contributed by atoms with Gasteiger partial charge in [-0.3, -0.25) is 0 Å². The fourth-order valence-corrected chi connectivity index (χ4v) is 3.17. The summed E-state index contributed by atoms with van der Waals surface area (Å²) < 4.78 is 11.3. The Labute approximate surface area is 170 Å². The van der Waals surface area contributed by atoms with Gasteiger partial charge in [0.15, 0.2) is 0 Å². The van der Waals surface area contributed by atoms with Crippen molar-refractivity contribution in [1.82, 2.24) is 10.6 Å². The van der Waals surface area contributed by atoms with Gasteiger partial charge >= 0.3 is 12.0 Å². The molecule has 3 rings (SSSR count). The number of nitrogens with one attached hydrogen (secondary N) is 2. The molecule has 1 aliphatic rings. The maximum atomic E-state index is 12.9. The van der Waals surface area contributed by atoms with Crippen LogP contribution in [-0.4, -0.2) is 25.2 Å². The molecular formula is C23H26N2O4. The Morgan fingerprint density at radius 2 is 1.76 bits per heavy atom. The number of ether oxygens (including phenoxy) is 2. The van der Waals surface area contributed by atoms with Crippen LogP contribution in [0.25, 0.3) is 5.70 Å². The SMILES string of the molecule is CCOC(=O)C1=C(c2ccccc2)NC(=O)N[C@@H]1c1ccccc1OCC(C)C. The van der Waals surface area contributed by atoms with E-state index in [-0.39, 0.29) is 12.6 Å². The quantitative estimate of drug-likeness (QED) is 0.695. The number of urea groups is 1. The van der Waals surface area contributed by atoms with Gasteiger partial charge in [0, 0.05) is 5.56 Å². The van der Waals surface area contributed by atoms with E-state index in [4.69, 9.17) is 9.47 Å². The highest BCUT2D eigenvalue weighted by atomic mass is 16.5. The minimum atomic E-state index is -0.693. The number of hydrogen-bond acceptors (Lipinski definition) is 4. The zero-order chi connectivity index (χ0) is 20.8. The van der Waals surface area contributed by atoms with Crippen LogP contribution in [0.2, 0.25) is 0 Å². The molecule has 0 aromatic heterocycles. The van der Waals surface area contributed by atoms with E-state index < -0.39 is 12.0 Å². The van der Waals surface area contributed by atoms with Gasteiger partial charge < -0.3 is 20.1 Å². The summed E-state index contributed by atoms with van der Waals surface area (Å²) >= 11 is 0. The number of esters is 1. The Hall–Kier alpha value is -3.28. The molecular weight excluding hydrogens is 368 g/mol. The van der Waals surface area contributed by atoms with Crippen LogP contribution in [0.5, 0.6) is 5.75 Å². The third kappa shape index (κ3) is 4.77. The molecule has 0 saturated carbocycles. The Morgan fingerprint density at radius 3 is 2.45 bits per heavy atom. The lowest BCUT2D eigenvalue weighted by atomic mass is 9.92. The second-order valence-corrected chi connectivity index (χ2v) is 7.15. The molecule has 0 radical (unpaired) electrons. The molecule has 0 bridgehead atoms. The lowest BCUT2D eigenvalue weighted by molar-refractivity contribution is -0.138. The summed E-state index contributed by atoms with van der Waals surface area (Å²) in [5.74, 6) is 0.482. The van der Waals surface area contributed by atoms with Crippen molar-refractivity contribution in [3.8, 4) is 5.75 Å². The molecule has 2 aromatic carbocycles. The van der Waals surface area contributed by atoms with E-state index in [2.05, 4.69) is 24.5 Å². The Kier molecular flexibility index (Phi) is 6.54. The van der Waals surface area contributed by atoms with Gasteiger partial charge in [-0.15, -0.1) is 0 Å². The van der Waals surface area contributed by atoms with Crippen molar-refractivity contribution < 1.29 is 19.1 Å². The Morgan fingerprint density at radius 1 is 1.07 bits per heavy atom. The molecule has 1 atom stereocenters. The maximum absolute atomic E-state index is 12.9. The fourth-order valence-electron chi connectivity index (χ4n) is 3.17. The van der Waals surface area contributed by atoms with Crippen LogP contribution in [0, 0.1) is 5.92 Å². The van der Waals surface area contributed by atoms with E-state index in [9.17, 15) is 9.59 Å². The summed E-state index contributed by atoms with van der Waals surface area (Å²) in [6, 6.07) is 15.6. The summed E-state index contributed by atoms with van der Waals surface area (Å²) in [6.07, 6.45) is 0. The molecule has 29 heavy (non-hydrogen) atoms. The number of amides is 2. The second kappa shape index (κ2) is 9.28. The van der Waals surface area contributed by atoms with Crippen molar-refractivity contribution in [3.63, 3.8) is 0 Å². The van der Waals surface area contributed by atoms with Crippen molar-refractivity contribution in [2.75, 3.05) is 13.2 Å². The van der Waals surface area contributed by atoms with Gasteiger partial charge in [0.1, 0.15) is 5.75 Å². The van der Waals surface area contributed by atoms with E-state index in [0.717, 1.165) is 5.56 Å². The van der Waals surface area contributed by atoms with Gasteiger partial charge in [-0.2, -0.15) is 0 Å². The predicted molar refractivity (Wildman–Crippen MR) is 111 cm³/mol. The normalized spacial score (nSPS) is 16.3. The minimum Gasteiger partial charge on any atom is -0.493 e. The first-order valence-electron chi connectivity index (χ1n) is 9.77. The summed E-state index contributed by atoms with van der Waals surface area (Å²) in [7, 11) is 0. The molecule has 0 aliphatic carbocycles. The average Bonchev–Trinajstić information content (AvgIpc) is 2.72. The summed E-state index contributed by atoms with van der Waals surface area (Å²) in [5, 5.41) is 5.64. The largest absolute Gasteiger partial charge is 0.493 e. The number of hydrogen-bond donors (Lipinski definition) is 2. The number of benzene rings is 2.